The maximum Gasteiger partial charge on any atom is 0.243 e. The maximum atomic E-state index is 10.3. The molecule has 0 atom stereocenters. The number of nitrogens with one attached hydrogen (secondary N) is 1. The van der Waals surface area contributed by atoms with Gasteiger partial charge in [-0.15, -0.1) is 0 Å². The van der Waals surface area contributed by atoms with Crippen LogP contribution in [0.5, 0.6) is 0 Å². The summed E-state index contributed by atoms with van der Waals surface area (Å²) in [6.07, 6.45) is 3.04. The van der Waals surface area contributed by atoms with E-state index in [9.17, 15) is 9.59 Å². The lowest BCUT2D eigenvalue weighted by molar-refractivity contribution is -0.116. The Morgan fingerprint density at radius 2 is 2.44 bits per heavy atom. The number of rotatable bonds is 4. The Balaban J connectivity index is 3.16. The van der Waals surface area contributed by atoms with E-state index in [4.69, 9.17) is 0 Å². The number of carbonyl (C=O) groups excluding carboxylic acids is 2. The standard InChI is InChI=1S/C6H8NO2/c1-2-6(9)7-4-3-5-8/h2H,1,3-4H2,(H,7,9). The van der Waals surface area contributed by atoms with Crippen molar-refractivity contribution in [3.8, 4) is 0 Å². The molecular weight excluding hydrogens is 118 g/mol. The van der Waals surface area contributed by atoms with Crippen LogP contribution in [0.25, 0.3) is 0 Å². The average Bonchev–Trinajstić information content (AvgIpc) is 1.89. The summed E-state index contributed by atoms with van der Waals surface area (Å²) < 4.78 is 0. The zero-order valence-corrected chi connectivity index (χ0v) is 5.02. The molecule has 0 bridgehead atoms. The molecule has 0 aromatic carbocycles. The molecule has 0 saturated heterocycles. The van der Waals surface area contributed by atoms with Crippen molar-refractivity contribution in [1.29, 1.82) is 0 Å². The summed E-state index contributed by atoms with van der Waals surface area (Å²) in [6.45, 7) is 3.57. The van der Waals surface area contributed by atoms with Crippen LogP contribution in [0, 0.1) is 0 Å². The monoisotopic (exact) mass is 126 g/mol. The minimum Gasteiger partial charge on any atom is -0.352 e. The fourth-order valence-electron chi connectivity index (χ4n) is 0.309. The smallest absolute Gasteiger partial charge is 0.243 e. The first-order valence-electron chi connectivity index (χ1n) is 2.56. The summed E-state index contributed by atoms with van der Waals surface area (Å²) in [5, 5.41) is 2.41. The van der Waals surface area contributed by atoms with Crippen LogP contribution in [0.15, 0.2) is 12.7 Å². The fourth-order valence-corrected chi connectivity index (χ4v) is 0.309. The van der Waals surface area contributed by atoms with Crippen molar-refractivity contribution in [3.63, 3.8) is 0 Å². The lowest BCUT2D eigenvalue weighted by Crippen LogP contribution is -2.21. The van der Waals surface area contributed by atoms with Crippen LogP contribution in [-0.4, -0.2) is 18.7 Å². The van der Waals surface area contributed by atoms with Crippen LogP contribution in [0.1, 0.15) is 6.42 Å². The van der Waals surface area contributed by atoms with Gasteiger partial charge in [-0.25, -0.2) is 0 Å². The lowest BCUT2D eigenvalue weighted by atomic mass is 10.4. The van der Waals surface area contributed by atoms with E-state index >= 15 is 0 Å². The highest BCUT2D eigenvalue weighted by atomic mass is 16.1. The molecule has 1 N–H and O–H groups in total. The molecule has 3 heteroatoms. The Morgan fingerprint density at radius 3 is 2.89 bits per heavy atom. The predicted molar refractivity (Wildman–Crippen MR) is 33.5 cm³/mol. The van der Waals surface area contributed by atoms with Crippen molar-refractivity contribution in [2.45, 2.75) is 6.42 Å². The molecule has 0 aliphatic rings. The fraction of sp³-hybridized carbons (Fsp3) is 0.333. The molecule has 1 amide bonds. The molecule has 3 nitrogen and oxygen atoms in total. The summed E-state index contributed by atoms with van der Waals surface area (Å²) in [5.74, 6) is -0.259. The van der Waals surface area contributed by atoms with Gasteiger partial charge in [-0.05, 0) is 6.08 Å². The third kappa shape index (κ3) is 4.74. The highest BCUT2D eigenvalue weighted by Gasteiger charge is 1.89. The molecule has 0 aliphatic carbocycles. The summed E-state index contributed by atoms with van der Waals surface area (Å²) in [6, 6.07) is 0. The van der Waals surface area contributed by atoms with Gasteiger partial charge in [0.05, 0.1) is 0 Å². The minimum atomic E-state index is -0.259. The Bertz CT molecular complexity index is 120. The third-order valence-electron chi connectivity index (χ3n) is 0.712. The second-order valence-electron chi connectivity index (χ2n) is 1.39. The Morgan fingerprint density at radius 1 is 1.78 bits per heavy atom. The van der Waals surface area contributed by atoms with Gasteiger partial charge in [0, 0.05) is 13.0 Å². The Kier molecular flexibility index (Phi) is 4.40. The maximum absolute atomic E-state index is 10.3. The average molecular weight is 126 g/mol. The normalized spacial score (nSPS) is 8.00. The van der Waals surface area contributed by atoms with Crippen LogP contribution < -0.4 is 5.32 Å². The summed E-state index contributed by atoms with van der Waals surface area (Å²) in [5.41, 5.74) is 0. The van der Waals surface area contributed by atoms with E-state index in [0.29, 0.717) is 6.54 Å². The van der Waals surface area contributed by atoms with E-state index in [1.54, 1.807) is 6.29 Å². The highest BCUT2D eigenvalue weighted by Crippen LogP contribution is 1.69. The van der Waals surface area contributed by atoms with Crippen molar-refractivity contribution in [2.75, 3.05) is 6.54 Å². The minimum absolute atomic E-state index is 0.236. The van der Waals surface area contributed by atoms with Crippen molar-refractivity contribution >= 4 is 12.2 Å². The molecule has 0 heterocycles. The van der Waals surface area contributed by atoms with Crippen molar-refractivity contribution in [1.82, 2.24) is 5.32 Å². The van der Waals surface area contributed by atoms with Crippen LogP contribution in [-0.2, 0) is 9.59 Å². The topological polar surface area (TPSA) is 46.2 Å². The first-order valence-corrected chi connectivity index (χ1v) is 2.56. The molecule has 0 rings (SSSR count). The lowest BCUT2D eigenvalue weighted by Gasteiger charge is -1.93. The first kappa shape index (κ1) is 7.88. The quantitative estimate of drug-likeness (QED) is 0.418. The van der Waals surface area contributed by atoms with Gasteiger partial charge in [0.2, 0.25) is 5.91 Å². The molecule has 0 fully saturated rings. The molecule has 0 aliphatic heterocycles. The van der Waals surface area contributed by atoms with Crippen LogP contribution in [0.3, 0.4) is 0 Å². The zero-order chi connectivity index (χ0) is 7.11. The van der Waals surface area contributed by atoms with Gasteiger partial charge >= 0.3 is 0 Å². The molecule has 49 valence electrons. The first-order chi connectivity index (χ1) is 4.31. The zero-order valence-electron chi connectivity index (χ0n) is 5.02. The molecule has 9 heavy (non-hydrogen) atoms. The van der Waals surface area contributed by atoms with E-state index in [1.807, 2.05) is 0 Å². The summed E-state index contributed by atoms with van der Waals surface area (Å²) >= 11 is 0. The second-order valence-corrected chi connectivity index (χ2v) is 1.39. The number of amides is 1. The van der Waals surface area contributed by atoms with Gasteiger partial charge in [0.25, 0.3) is 0 Å². The SMILES string of the molecule is C=CC(=O)NCC[C]=O. The Labute approximate surface area is 53.7 Å². The van der Waals surface area contributed by atoms with E-state index < -0.39 is 0 Å². The molecule has 0 aromatic rings. The molecule has 0 spiro atoms. The third-order valence-corrected chi connectivity index (χ3v) is 0.712. The number of hydrogen-bond acceptors (Lipinski definition) is 2. The van der Waals surface area contributed by atoms with Gasteiger partial charge in [0.1, 0.15) is 0 Å². The number of hydrogen-bond donors (Lipinski definition) is 1. The summed E-state index contributed by atoms with van der Waals surface area (Å²) in [7, 11) is 0. The van der Waals surface area contributed by atoms with E-state index in [2.05, 4.69) is 11.9 Å². The van der Waals surface area contributed by atoms with Gasteiger partial charge in [-0.2, -0.15) is 0 Å². The molecule has 0 unspecified atom stereocenters. The van der Waals surface area contributed by atoms with Crippen LogP contribution in [0.4, 0.5) is 0 Å². The molecule has 0 aromatic heterocycles. The summed E-state index contributed by atoms with van der Waals surface area (Å²) in [4.78, 5) is 19.9. The van der Waals surface area contributed by atoms with Crippen molar-refractivity contribution in [2.24, 2.45) is 0 Å². The van der Waals surface area contributed by atoms with Gasteiger partial charge in [0.15, 0.2) is 6.29 Å². The van der Waals surface area contributed by atoms with Crippen molar-refractivity contribution < 1.29 is 9.59 Å². The van der Waals surface area contributed by atoms with Crippen LogP contribution in [0.2, 0.25) is 0 Å². The highest BCUT2D eigenvalue weighted by molar-refractivity contribution is 5.86. The van der Waals surface area contributed by atoms with Crippen molar-refractivity contribution in [3.05, 3.63) is 12.7 Å². The van der Waals surface area contributed by atoms with E-state index in [1.165, 1.54) is 0 Å². The Hall–Kier alpha value is -1.12. The van der Waals surface area contributed by atoms with Gasteiger partial charge < -0.3 is 5.32 Å². The number of carbonyl (C=O) groups is 1. The molecular formula is C6H8NO2. The predicted octanol–water partition coefficient (Wildman–Crippen LogP) is -0.212. The van der Waals surface area contributed by atoms with E-state index in [0.717, 1.165) is 6.08 Å². The molecule has 0 saturated carbocycles. The van der Waals surface area contributed by atoms with Gasteiger partial charge in [-0.3, -0.25) is 9.59 Å². The molecule has 1 radical (unpaired) electrons. The largest absolute Gasteiger partial charge is 0.352 e. The van der Waals surface area contributed by atoms with E-state index in [-0.39, 0.29) is 12.3 Å². The second kappa shape index (κ2) is 5.03. The van der Waals surface area contributed by atoms with Gasteiger partial charge in [-0.1, -0.05) is 6.58 Å². The van der Waals surface area contributed by atoms with Crippen LogP contribution >= 0.6 is 0 Å².